The Bertz CT molecular complexity index is 880. The van der Waals surface area contributed by atoms with Gasteiger partial charge in [-0.3, -0.25) is 4.99 Å². The molecule has 1 saturated heterocycles. The highest BCUT2D eigenvalue weighted by Crippen LogP contribution is 2.29. The number of morpholine rings is 1. The highest BCUT2D eigenvalue weighted by molar-refractivity contribution is 5.79. The first-order valence-corrected chi connectivity index (χ1v) is 9.58. The quantitative estimate of drug-likeness (QED) is 0.438. The SMILES string of the molecule is CN=C(NCc1cccc(C(F)(F)F)c1)NCc1ccc(N2CCOCC2)c(F)c1. The molecule has 0 spiro atoms. The van der Waals surface area contributed by atoms with Crippen LogP contribution < -0.4 is 15.5 Å². The van der Waals surface area contributed by atoms with Crippen LogP contribution in [0.5, 0.6) is 0 Å². The normalized spacial score (nSPS) is 15.2. The first-order valence-electron chi connectivity index (χ1n) is 9.58. The topological polar surface area (TPSA) is 48.9 Å². The predicted molar refractivity (Wildman–Crippen MR) is 108 cm³/mol. The highest BCUT2D eigenvalue weighted by atomic mass is 19.4. The van der Waals surface area contributed by atoms with Crippen molar-refractivity contribution < 1.29 is 22.3 Å². The maximum absolute atomic E-state index is 14.5. The summed E-state index contributed by atoms with van der Waals surface area (Å²) >= 11 is 0. The lowest BCUT2D eigenvalue weighted by Crippen LogP contribution is -2.37. The maximum atomic E-state index is 14.5. The van der Waals surface area contributed by atoms with Gasteiger partial charge in [-0.05, 0) is 35.4 Å². The van der Waals surface area contributed by atoms with E-state index < -0.39 is 11.7 Å². The van der Waals surface area contributed by atoms with Gasteiger partial charge in [-0.1, -0.05) is 18.2 Å². The van der Waals surface area contributed by atoms with E-state index >= 15 is 0 Å². The van der Waals surface area contributed by atoms with E-state index in [9.17, 15) is 17.6 Å². The first-order chi connectivity index (χ1) is 14.4. The minimum Gasteiger partial charge on any atom is -0.378 e. The van der Waals surface area contributed by atoms with E-state index in [1.807, 2.05) is 11.0 Å². The van der Waals surface area contributed by atoms with Crippen LogP contribution in [-0.4, -0.2) is 39.3 Å². The second-order valence-corrected chi connectivity index (χ2v) is 6.86. The molecule has 5 nitrogen and oxygen atoms in total. The Kier molecular flexibility index (Phi) is 7.15. The van der Waals surface area contributed by atoms with Crippen molar-refractivity contribution >= 4 is 11.6 Å². The van der Waals surface area contributed by atoms with E-state index in [1.54, 1.807) is 19.2 Å². The van der Waals surface area contributed by atoms with Gasteiger partial charge in [0, 0.05) is 33.2 Å². The van der Waals surface area contributed by atoms with Crippen molar-refractivity contribution in [2.75, 3.05) is 38.3 Å². The Morgan fingerprint density at radius 1 is 1.03 bits per heavy atom. The standard InChI is InChI=1S/C21H24F4N4O/c1-26-20(27-13-15-3-2-4-17(11-15)21(23,24)25)28-14-16-5-6-19(18(22)12-16)29-7-9-30-10-8-29/h2-6,11-12H,7-10,13-14H2,1H3,(H2,26,27,28). The van der Waals surface area contributed by atoms with Crippen molar-refractivity contribution in [1.29, 1.82) is 0 Å². The molecule has 9 heteroatoms. The summed E-state index contributed by atoms with van der Waals surface area (Å²) in [5, 5.41) is 6.01. The summed E-state index contributed by atoms with van der Waals surface area (Å²) < 4.78 is 58.3. The molecule has 0 bridgehead atoms. The van der Waals surface area contributed by atoms with E-state index in [1.165, 1.54) is 12.1 Å². The molecule has 162 valence electrons. The minimum atomic E-state index is -4.38. The molecule has 2 aromatic carbocycles. The summed E-state index contributed by atoms with van der Waals surface area (Å²) in [7, 11) is 1.56. The van der Waals surface area contributed by atoms with Crippen LogP contribution in [0.15, 0.2) is 47.5 Å². The van der Waals surface area contributed by atoms with Gasteiger partial charge < -0.3 is 20.3 Å². The lowest BCUT2D eigenvalue weighted by Gasteiger charge is -2.29. The van der Waals surface area contributed by atoms with Gasteiger partial charge in [0.15, 0.2) is 5.96 Å². The fourth-order valence-corrected chi connectivity index (χ4v) is 3.17. The molecule has 1 aliphatic rings. The van der Waals surface area contributed by atoms with E-state index in [0.29, 0.717) is 50.1 Å². The Balaban J connectivity index is 1.55. The van der Waals surface area contributed by atoms with Crippen molar-refractivity contribution in [3.8, 4) is 0 Å². The van der Waals surface area contributed by atoms with Crippen molar-refractivity contribution in [1.82, 2.24) is 10.6 Å². The average Bonchev–Trinajstić information content (AvgIpc) is 2.74. The molecule has 2 N–H and O–H groups in total. The number of anilines is 1. The fraction of sp³-hybridized carbons (Fsp3) is 0.381. The van der Waals surface area contributed by atoms with Crippen LogP contribution in [0.2, 0.25) is 0 Å². The van der Waals surface area contributed by atoms with Crippen molar-refractivity contribution in [2.24, 2.45) is 4.99 Å². The Labute approximate surface area is 172 Å². The number of benzene rings is 2. The fourth-order valence-electron chi connectivity index (χ4n) is 3.17. The molecule has 1 fully saturated rings. The number of rotatable bonds is 5. The van der Waals surface area contributed by atoms with Crippen LogP contribution in [0.25, 0.3) is 0 Å². The molecule has 0 amide bonds. The highest BCUT2D eigenvalue weighted by Gasteiger charge is 2.30. The van der Waals surface area contributed by atoms with Gasteiger partial charge in [-0.15, -0.1) is 0 Å². The molecule has 2 aromatic rings. The number of nitrogens with one attached hydrogen (secondary N) is 2. The number of alkyl halides is 3. The van der Waals surface area contributed by atoms with Gasteiger partial charge in [0.05, 0.1) is 24.5 Å². The Morgan fingerprint density at radius 3 is 2.30 bits per heavy atom. The third-order valence-corrected chi connectivity index (χ3v) is 4.76. The number of halogens is 4. The van der Waals surface area contributed by atoms with Crippen molar-refractivity contribution in [3.05, 3.63) is 65.0 Å². The predicted octanol–water partition coefficient (Wildman–Crippen LogP) is 3.55. The molecule has 0 radical (unpaired) electrons. The van der Waals surface area contributed by atoms with Gasteiger partial charge in [0.1, 0.15) is 5.82 Å². The van der Waals surface area contributed by atoms with Gasteiger partial charge in [-0.25, -0.2) is 4.39 Å². The second kappa shape index (κ2) is 9.80. The summed E-state index contributed by atoms with van der Waals surface area (Å²) in [6, 6.07) is 10.2. The molecule has 0 saturated carbocycles. The van der Waals surface area contributed by atoms with Crippen molar-refractivity contribution in [3.63, 3.8) is 0 Å². The lowest BCUT2D eigenvalue weighted by atomic mass is 10.1. The monoisotopic (exact) mass is 424 g/mol. The number of ether oxygens (including phenoxy) is 1. The van der Waals surface area contributed by atoms with Crippen LogP contribution in [-0.2, 0) is 24.0 Å². The average molecular weight is 424 g/mol. The van der Waals surface area contributed by atoms with E-state index in [-0.39, 0.29) is 12.4 Å². The van der Waals surface area contributed by atoms with Crippen LogP contribution in [0.1, 0.15) is 16.7 Å². The minimum absolute atomic E-state index is 0.175. The zero-order valence-electron chi connectivity index (χ0n) is 16.6. The third-order valence-electron chi connectivity index (χ3n) is 4.76. The molecule has 0 atom stereocenters. The number of hydrogen-bond acceptors (Lipinski definition) is 3. The van der Waals surface area contributed by atoms with Crippen molar-refractivity contribution in [2.45, 2.75) is 19.3 Å². The number of nitrogens with zero attached hydrogens (tertiary/aromatic N) is 2. The molecule has 1 heterocycles. The van der Waals surface area contributed by atoms with Crippen LogP contribution in [0.4, 0.5) is 23.2 Å². The molecule has 0 unspecified atom stereocenters. The van der Waals surface area contributed by atoms with Crippen LogP contribution >= 0.6 is 0 Å². The largest absolute Gasteiger partial charge is 0.416 e. The zero-order chi connectivity index (χ0) is 21.6. The summed E-state index contributed by atoms with van der Waals surface area (Å²) in [6.45, 7) is 2.96. The molecule has 3 rings (SSSR count). The van der Waals surface area contributed by atoms with Crippen LogP contribution in [0, 0.1) is 5.82 Å². The number of aliphatic imine (C=N–C) groups is 1. The molecular formula is C21H24F4N4O. The van der Waals surface area contributed by atoms with Crippen LogP contribution in [0.3, 0.4) is 0 Å². The van der Waals surface area contributed by atoms with Gasteiger partial charge >= 0.3 is 6.18 Å². The zero-order valence-corrected chi connectivity index (χ0v) is 16.6. The van der Waals surface area contributed by atoms with E-state index in [2.05, 4.69) is 15.6 Å². The Morgan fingerprint density at radius 2 is 1.70 bits per heavy atom. The second-order valence-electron chi connectivity index (χ2n) is 6.86. The van der Waals surface area contributed by atoms with Gasteiger partial charge in [-0.2, -0.15) is 13.2 Å². The summed E-state index contributed by atoms with van der Waals surface area (Å²) in [4.78, 5) is 6.01. The molecule has 0 aliphatic carbocycles. The molecule has 1 aliphatic heterocycles. The first kappa shape index (κ1) is 21.9. The molecular weight excluding hydrogens is 400 g/mol. The Hall–Kier alpha value is -2.81. The third kappa shape index (κ3) is 5.85. The van der Waals surface area contributed by atoms with E-state index in [0.717, 1.165) is 17.7 Å². The maximum Gasteiger partial charge on any atom is 0.416 e. The lowest BCUT2D eigenvalue weighted by molar-refractivity contribution is -0.137. The van der Waals surface area contributed by atoms with Gasteiger partial charge in [0.2, 0.25) is 0 Å². The smallest absolute Gasteiger partial charge is 0.378 e. The summed E-state index contributed by atoms with van der Waals surface area (Å²) in [5.41, 5.74) is 1.06. The van der Waals surface area contributed by atoms with Gasteiger partial charge in [0.25, 0.3) is 0 Å². The van der Waals surface area contributed by atoms with E-state index in [4.69, 9.17) is 4.74 Å². The number of hydrogen-bond donors (Lipinski definition) is 2. The molecule has 0 aromatic heterocycles. The summed E-state index contributed by atoms with van der Waals surface area (Å²) in [6.07, 6.45) is -4.38. The summed E-state index contributed by atoms with van der Waals surface area (Å²) in [5.74, 6) is 0.105. The number of guanidine groups is 1. The molecule has 30 heavy (non-hydrogen) atoms.